The van der Waals surface area contributed by atoms with Gasteiger partial charge in [0.25, 0.3) is 5.91 Å². The fraction of sp³-hybridized carbons (Fsp3) is 0.818. The summed E-state index contributed by atoms with van der Waals surface area (Å²) < 4.78 is 10.00. The van der Waals surface area contributed by atoms with E-state index in [0.29, 0.717) is 24.5 Å². The Bertz CT molecular complexity index is 733. The summed E-state index contributed by atoms with van der Waals surface area (Å²) in [5, 5.41) is 10.3. The van der Waals surface area contributed by atoms with Crippen molar-refractivity contribution in [2.24, 2.45) is 23.0 Å². The number of amides is 4. The van der Waals surface area contributed by atoms with Crippen molar-refractivity contribution < 1.29 is 38.3 Å². The lowest BCUT2D eigenvalue weighted by molar-refractivity contribution is -0.791. The maximum atomic E-state index is 14.1. The molecule has 2 aliphatic heterocycles. The molecule has 0 bridgehead atoms. The van der Waals surface area contributed by atoms with Gasteiger partial charge in [-0.05, 0) is 12.3 Å². The summed E-state index contributed by atoms with van der Waals surface area (Å²) in [6.07, 6.45) is 4.84. The van der Waals surface area contributed by atoms with E-state index in [9.17, 15) is 24.4 Å². The molecule has 3 aliphatic rings. The number of nitrogens with two attached hydrogens (primary N) is 1. The molecule has 180 valence electrons. The number of carbonyl (C=O) groups excluding carboxylic acids is 4. The molecule has 10 nitrogen and oxygen atoms in total. The van der Waals surface area contributed by atoms with Crippen LogP contribution in [0.4, 0.5) is 4.79 Å². The molecule has 3 rings (SSSR count). The smallest absolute Gasteiger partial charge is 0.417 e. The molecule has 1 saturated carbocycles. The lowest BCUT2D eigenvalue weighted by Gasteiger charge is -2.38. The molecule has 1 aliphatic carbocycles. The molecule has 32 heavy (non-hydrogen) atoms. The number of hydrogen-bond donors (Lipinski definition) is 2. The largest absolute Gasteiger partial charge is 0.524 e. The zero-order valence-electron chi connectivity index (χ0n) is 19.0. The van der Waals surface area contributed by atoms with Crippen LogP contribution in [0.15, 0.2) is 0 Å². The minimum Gasteiger partial charge on any atom is -0.417 e. The van der Waals surface area contributed by atoms with E-state index in [4.69, 9.17) is 15.2 Å². The van der Waals surface area contributed by atoms with Crippen LogP contribution < -0.4 is 5.73 Å². The number of likely N-dealkylation sites (tertiary alicyclic amines) is 1. The van der Waals surface area contributed by atoms with Crippen molar-refractivity contribution in [1.82, 2.24) is 5.06 Å². The molecule has 10 heteroatoms. The molecule has 4 atom stereocenters. The van der Waals surface area contributed by atoms with Gasteiger partial charge in [-0.1, -0.05) is 39.5 Å². The highest BCUT2D eigenvalue weighted by molar-refractivity contribution is 5.90. The van der Waals surface area contributed by atoms with Gasteiger partial charge in [0.1, 0.15) is 6.61 Å². The van der Waals surface area contributed by atoms with E-state index < -0.39 is 39.8 Å². The van der Waals surface area contributed by atoms with Gasteiger partial charge < -0.3 is 15.2 Å². The summed E-state index contributed by atoms with van der Waals surface area (Å²) in [4.78, 5) is 51.2. The summed E-state index contributed by atoms with van der Waals surface area (Å²) in [7, 11) is 0. The van der Waals surface area contributed by atoms with Crippen molar-refractivity contribution in [3.8, 4) is 0 Å². The molecular weight excluding hydrogens is 418 g/mol. The summed E-state index contributed by atoms with van der Waals surface area (Å²) in [6, 6.07) is -1.10. The topological polar surface area (TPSA) is 136 Å². The predicted octanol–water partition coefficient (Wildman–Crippen LogP) is 1.58. The van der Waals surface area contributed by atoms with Crippen molar-refractivity contribution in [1.29, 1.82) is 0 Å². The van der Waals surface area contributed by atoms with Crippen LogP contribution in [-0.2, 0) is 23.9 Å². The number of nitrogens with zero attached hydrogens (tertiary/aromatic N) is 2. The molecule has 3 fully saturated rings. The SMILES string of the molecule is CC1(C)CC[N+](C(=O)OCC2CCO2)(C(=O)[C@H](CC2CCCC2)CN(O)C=O)[C@@H]1C(N)=O. The molecule has 4 amide bonds. The van der Waals surface area contributed by atoms with Crippen molar-refractivity contribution in [2.45, 2.75) is 70.9 Å². The van der Waals surface area contributed by atoms with Gasteiger partial charge in [-0.25, -0.2) is 9.86 Å². The van der Waals surface area contributed by atoms with Gasteiger partial charge >= 0.3 is 12.0 Å². The second kappa shape index (κ2) is 9.84. The maximum Gasteiger partial charge on any atom is 0.524 e. The van der Waals surface area contributed by atoms with Gasteiger partial charge in [-0.3, -0.25) is 14.8 Å². The van der Waals surface area contributed by atoms with E-state index >= 15 is 0 Å². The minimum absolute atomic E-state index is 0.00573. The van der Waals surface area contributed by atoms with Crippen LogP contribution in [0.25, 0.3) is 0 Å². The fourth-order valence-corrected chi connectivity index (χ4v) is 5.65. The minimum atomic E-state index is -1.10. The first-order valence-corrected chi connectivity index (χ1v) is 11.5. The molecule has 0 aromatic heterocycles. The van der Waals surface area contributed by atoms with Crippen molar-refractivity contribution in [3.63, 3.8) is 0 Å². The van der Waals surface area contributed by atoms with Crippen molar-refractivity contribution in [2.75, 3.05) is 26.3 Å². The van der Waals surface area contributed by atoms with Gasteiger partial charge in [0.2, 0.25) is 6.41 Å². The third-order valence-corrected chi connectivity index (χ3v) is 7.44. The van der Waals surface area contributed by atoms with Crippen LogP contribution >= 0.6 is 0 Å². The standard InChI is InChI=1S/C22H35N3O7/c1-22(2)8-9-25(18(22)19(23)27,21(29)32-13-17-7-10-31-17)20(28)16(12-24(30)14-26)11-15-5-3-4-6-15/h14-18,30H,3-13H2,1-2H3,(H-,23,27)/p+1/t16-,17?,18-,25?/m1/s1. The van der Waals surface area contributed by atoms with E-state index in [1.54, 1.807) is 0 Å². The Kier molecular flexibility index (Phi) is 7.57. The molecule has 2 unspecified atom stereocenters. The third-order valence-electron chi connectivity index (χ3n) is 7.44. The van der Waals surface area contributed by atoms with Crippen LogP contribution in [0.3, 0.4) is 0 Å². The number of ether oxygens (including phenoxy) is 2. The van der Waals surface area contributed by atoms with Crippen LogP contribution in [0.1, 0.15) is 58.8 Å². The first-order chi connectivity index (χ1) is 15.1. The summed E-state index contributed by atoms with van der Waals surface area (Å²) in [6.45, 7) is 4.06. The number of primary amides is 1. The Balaban J connectivity index is 1.94. The third kappa shape index (κ3) is 4.82. The predicted molar refractivity (Wildman–Crippen MR) is 112 cm³/mol. The monoisotopic (exact) mass is 454 g/mol. The molecule has 3 N–H and O–H groups in total. The molecule has 2 saturated heterocycles. The van der Waals surface area contributed by atoms with Gasteiger partial charge in [-0.2, -0.15) is 4.79 Å². The molecule has 0 radical (unpaired) electrons. The lowest BCUT2D eigenvalue weighted by Crippen LogP contribution is -2.68. The van der Waals surface area contributed by atoms with E-state index in [1.807, 2.05) is 13.8 Å². The highest BCUT2D eigenvalue weighted by atomic mass is 16.6. The van der Waals surface area contributed by atoms with Crippen LogP contribution in [0.2, 0.25) is 0 Å². The van der Waals surface area contributed by atoms with Crippen molar-refractivity contribution >= 4 is 24.3 Å². The number of hydroxylamine groups is 2. The number of quaternary nitrogens is 1. The Hall–Kier alpha value is -2.04. The average Bonchev–Trinajstić information content (AvgIpc) is 3.30. The summed E-state index contributed by atoms with van der Waals surface area (Å²) in [5.74, 6) is -1.83. The molecule has 0 aromatic carbocycles. The molecule has 0 spiro atoms. The number of hydrogen-bond acceptors (Lipinski definition) is 7. The van der Waals surface area contributed by atoms with Crippen LogP contribution in [0.5, 0.6) is 0 Å². The van der Waals surface area contributed by atoms with E-state index in [2.05, 4.69) is 0 Å². The average molecular weight is 455 g/mol. The zero-order valence-corrected chi connectivity index (χ0v) is 19.0. The quantitative estimate of drug-likeness (QED) is 0.234. The highest BCUT2D eigenvalue weighted by Gasteiger charge is 2.66. The maximum absolute atomic E-state index is 14.1. The van der Waals surface area contributed by atoms with E-state index in [0.717, 1.165) is 32.1 Å². The van der Waals surface area contributed by atoms with E-state index in [1.165, 1.54) is 0 Å². The molecule has 2 heterocycles. The fourth-order valence-electron chi connectivity index (χ4n) is 5.65. The second-order valence-electron chi connectivity index (χ2n) is 10.1. The summed E-state index contributed by atoms with van der Waals surface area (Å²) >= 11 is 0. The lowest BCUT2D eigenvalue weighted by atomic mass is 9.83. The van der Waals surface area contributed by atoms with Gasteiger partial charge in [0.05, 0.1) is 25.1 Å². The second-order valence-corrected chi connectivity index (χ2v) is 10.1. The zero-order chi connectivity index (χ0) is 23.5. The number of rotatable bonds is 9. The Morgan fingerprint density at radius 1 is 1.28 bits per heavy atom. The van der Waals surface area contributed by atoms with Gasteiger partial charge in [0.15, 0.2) is 6.04 Å². The van der Waals surface area contributed by atoms with E-state index in [-0.39, 0.29) is 38.1 Å². The van der Waals surface area contributed by atoms with Gasteiger partial charge in [-0.15, -0.1) is 4.48 Å². The van der Waals surface area contributed by atoms with Crippen molar-refractivity contribution in [3.05, 3.63) is 0 Å². The normalized spacial score (nSPS) is 30.3. The highest BCUT2D eigenvalue weighted by Crippen LogP contribution is 2.44. The first kappa shape index (κ1) is 24.6. The Labute approximate surface area is 188 Å². The molecular formula is C22H36N3O7+. The molecule has 0 aromatic rings. The Morgan fingerprint density at radius 2 is 1.94 bits per heavy atom. The van der Waals surface area contributed by atoms with Crippen LogP contribution in [-0.4, -0.2) is 77.5 Å². The van der Waals surface area contributed by atoms with Gasteiger partial charge in [0, 0.05) is 24.9 Å². The Morgan fingerprint density at radius 3 is 2.47 bits per heavy atom. The number of imide groups is 1. The van der Waals surface area contributed by atoms with Crippen LogP contribution in [0, 0.1) is 17.3 Å². The first-order valence-electron chi connectivity index (χ1n) is 11.5. The number of carbonyl (C=O) groups is 4. The summed E-state index contributed by atoms with van der Waals surface area (Å²) in [5.41, 5.74) is 5.05.